The van der Waals surface area contributed by atoms with Crippen LogP contribution in [0.25, 0.3) is 6.08 Å². The molecule has 0 atom stereocenters. The molecule has 1 aromatic heterocycles. The van der Waals surface area contributed by atoms with Crippen LogP contribution in [0.2, 0.25) is 0 Å². The minimum atomic E-state index is 0.977. The first kappa shape index (κ1) is 3.78. The second-order valence-corrected chi connectivity index (χ2v) is 1.73. The highest BCUT2D eigenvalue weighted by molar-refractivity contribution is 5.65. The Morgan fingerprint density at radius 2 is 2.50 bits per heavy atom. The molecule has 0 aromatic carbocycles. The smallest absolute Gasteiger partial charge is 0.137 e. The van der Waals surface area contributed by atoms with Crippen LogP contribution in [0.3, 0.4) is 0 Å². The summed E-state index contributed by atoms with van der Waals surface area (Å²) in [4.78, 5) is 2.99. The van der Waals surface area contributed by atoms with E-state index in [0.29, 0.717) is 0 Å². The quantitative estimate of drug-likeness (QED) is 0.514. The van der Waals surface area contributed by atoms with Gasteiger partial charge in [0.15, 0.2) is 0 Å². The van der Waals surface area contributed by atoms with Crippen LogP contribution in [0.1, 0.15) is 5.56 Å². The second-order valence-electron chi connectivity index (χ2n) is 1.73. The van der Waals surface area contributed by atoms with Crippen molar-refractivity contribution in [3.8, 4) is 0 Å². The molecule has 0 spiro atoms. The summed E-state index contributed by atoms with van der Waals surface area (Å²) >= 11 is 0. The van der Waals surface area contributed by atoms with Crippen LogP contribution in [0.5, 0.6) is 0 Å². The van der Waals surface area contributed by atoms with Crippen LogP contribution in [0.15, 0.2) is 18.5 Å². The molecular formula is C6H5N2. The third-order valence-corrected chi connectivity index (χ3v) is 1.21. The lowest BCUT2D eigenvalue weighted by atomic mass is 10.3. The molecule has 1 N–H and O–H groups in total. The number of hydrogen-bond acceptors (Lipinski definition) is 0. The summed E-state index contributed by atoms with van der Waals surface area (Å²) in [6.07, 6.45) is 5.66. The molecule has 2 nitrogen and oxygen atoms in total. The summed E-state index contributed by atoms with van der Waals surface area (Å²) < 4.78 is 0. The minimum Gasteiger partial charge on any atom is -0.346 e. The average molecular weight is 105 g/mol. The molecule has 8 heavy (non-hydrogen) atoms. The molecule has 0 fully saturated rings. The van der Waals surface area contributed by atoms with E-state index in [4.69, 9.17) is 0 Å². The third kappa shape index (κ3) is 0.320. The van der Waals surface area contributed by atoms with Gasteiger partial charge in [-0.1, -0.05) is 0 Å². The lowest BCUT2D eigenvalue weighted by Gasteiger charge is -1.82. The van der Waals surface area contributed by atoms with Crippen molar-refractivity contribution < 1.29 is 0 Å². The maximum Gasteiger partial charge on any atom is 0.137 e. The van der Waals surface area contributed by atoms with E-state index in [1.807, 2.05) is 18.3 Å². The zero-order valence-corrected chi connectivity index (χ0v) is 4.26. The molecule has 1 radical (unpaired) electrons. The summed E-state index contributed by atoms with van der Waals surface area (Å²) in [7, 11) is 0. The summed E-state index contributed by atoms with van der Waals surface area (Å²) in [6.45, 7) is 0. The molecule has 0 aliphatic carbocycles. The van der Waals surface area contributed by atoms with Crippen LogP contribution in [0.4, 0.5) is 5.82 Å². The van der Waals surface area contributed by atoms with Crippen LogP contribution in [0, 0.1) is 0 Å². The zero-order chi connectivity index (χ0) is 5.40. The number of nitrogens with one attached hydrogen (secondary N) is 1. The fraction of sp³-hybridized carbons (Fsp3) is 0. The first-order valence-corrected chi connectivity index (χ1v) is 2.51. The van der Waals surface area contributed by atoms with Crippen LogP contribution in [-0.2, 0) is 0 Å². The van der Waals surface area contributed by atoms with E-state index >= 15 is 0 Å². The minimum absolute atomic E-state index is 0.977. The van der Waals surface area contributed by atoms with Crippen molar-refractivity contribution in [2.75, 3.05) is 0 Å². The van der Waals surface area contributed by atoms with Gasteiger partial charge in [0.25, 0.3) is 0 Å². The highest BCUT2D eigenvalue weighted by Gasteiger charge is 2.03. The zero-order valence-electron chi connectivity index (χ0n) is 4.26. The summed E-state index contributed by atoms with van der Waals surface area (Å²) in [5.41, 5.74) is 1.19. The van der Waals surface area contributed by atoms with Gasteiger partial charge in [-0.2, -0.15) is 0 Å². The maximum absolute atomic E-state index is 4.02. The predicted octanol–water partition coefficient (Wildman–Crippen LogP) is 1.23. The Kier molecular flexibility index (Phi) is 0.545. The van der Waals surface area contributed by atoms with Crippen molar-refractivity contribution in [2.24, 2.45) is 0 Å². The van der Waals surface area contributed by atoms with Gasteiger partial charge in [0.05, 0.1) is 0 Å². The van der Waals surface area contributed by atoms with E-state index in [0.717, 1.165) is 5.82 Å². The van der Waals surface area contributed by atoms with Gasteiger partial charge < -0.3 is 4.98 Å². The van der Waals surface area contributed by atoms with Crippen molar-refractivity contribution >= 4 is 11.9 Å². The van der Waals surface area contributed by atoms with Crippen LogP contribution < -0.4 is 5.32 Å². The number of fused-ring (bicyclic) bond motifs is 1. The van der Waals surface area contributed by atoms with E-state index in [1.165, 1.54) is 5.56 Å². The molecule has 2 heterocycles. The molecule has 1 aliphatic heterocycles. The highest BCUT2D eigenvalue weighted by atomic mass is 15.0. The standard InChI is InChI=1S/C6H5N2/c1-3-7-6-5(1)2-4-8-6/h1-4,7H. The van der Waals surface area contributed by atoms with Crippen molar-refractivity contribution in [1.82, 2.24) is 10.3 Å². The highest BCUT2D eigenvalue weighted by Crippen LogP contribution is 2.19. The summed E-state index contributed by atoms with van der Waals surface area (Å²) in [5.74, 6) is 0.977. The summed E-state index contributed by atoms with van der Waals surface area (Å²) in [6, 6.07) is 2.00. The summed E-state index contributed by atoms with van der Waals surface area (Å²) in [5, 5.41) is 4.02. The van der Waals surface area contributed by atoms with Crippen LogP contribution >= 0.6 is 0 Å². The maximum atomic E-state index is 4.02. The Morgan fingerprint density at radius 3 is 3.38 bits per heavy atom. The fourth-order valence-electron chi connectivity index (χ4n) is 0.811. The first-order chi connectivity index (χ1) is 3.97. The first-order valence-electron chi connectivity index (χ1n) is 2.51. The van der Waals surface area contributed by atoms with Gasteiger partial charge in [-0.15, -0.1) is 0 Å². The number of aromatic nitrogens is 1. The van der Waals surface area contributed by atoms with E-state index in [1.54, 1.807) is 6.20 Å². The van der Waals surface area contributed by atoms with Gasteiger partial charge in [0.2, 0.25) is 0 Å². The molecule has 0 amide bonds. The molecule has 0 saturated heterocycles. The van der Waals surface area contributed by atoms with E-state index in [2.05, 4.69) is 10.3 Å². The molecule has 1 aliphatic rings. The van der Waals surface area contributed by atoms with E-state index in [9.17, 15) is 0 Å². The number of nitrogens with zero attached hydrogens (tertiary/aromatic N) is 1. The van der Waals surface area contributed by atoms with Gasteiger partial charge in [0.1, 0.15) is 5.82 Å². The molecule has 1 aromatic rings. The van der Waals surface area contributed by atoms with Gasteiger partial charge in [0, 0.05) is 18.0 Å². The van der Waals surface area contributed by atoms with Gasteiger partial charge >= 0.3 is 0 Å². The monoisotopic (exact) mass is 105 g/mol. The number of aromatic amines is 1. The SMILES string of the molecule is C1=Cc2cc[nH]c2[N]1. The Labute approximate surface area is 47.2 Å². The van der Waals surface area contributed by atoms with Gasteiger partial charge in [-0.05, 0) is 12.1 Å². The lowest BCUT2D eigenvalue weighted by Crippen LogP contribution is -1.78. The molecule has 39 valence electrons. The van der Waals surface area contributed by atoms with Gasteiger partial charge in [-0.25, -0.2) is 5.32 Å². The second kappa shape index (κ2) is 1.15. The molecular weight excluding hydrogens is 100 g/mol. The number of rotatable bonds is 0. The third-order valence-electron chi connectivity index (χ3n) is 1.21. The molecule has 0 unspecified atom stereocenters. The number of H-pyrrole nitrogens is 1. The molecule has 2 rings (SSSR count). The van der Waals surface area contributed by atoms with Gasteiger partial charge in [-0.3, -0.25) is 0 Å². The Bertz CT molecular complexity index is 222. The largest absolute Gasteiger partial charge is 0.346 e. The van der Waals surface area contributed by atoms with Crippen molar-refractivity contribution in [3.05, 3.63) is 24.0 Å². The van der Waals surface area contributed by atoms with Crippen molar-refractivity contribution in [1.29, 1.82) is 0 Å². The topological polar surface area (TPSA) is 29.9 Å². The average Bonchev–Trinajstić information content (AvgIpc) is 2.15. The normalized spacial score (nSPS) is 13.5. The van der Waals surface area contributed by atoms with Crippen molar-refractivity contribution in [2.45, 2.75) is 0 Å². The molecule has 0 saturated carbocycles. The molecule has 0 bridgehead atoms. The Hall–Kier alpha value is -1.18. The Balaban J connectivity index is 2.67. The predicted molar refractivity (Wildman–Crippen MR) is 31.6 cm³/mol. The van der Waals surface area contributed by atoms with E-state index in [-0.39, 0.29) is 0 Å². The van der Waals surface area contributed by atoms with E-state index < -0.39 is 0 Å². The Morgan fingerprint density at radius 1 is 1.50 bits per heavy atom. The number of hydrogen-bond donors (Lipinski definition) is 1. The fourth-order valence-corrected chi connectivity index (χ4v) is 0.811. The van der Waals surface area contributed by atoms with Crippen molar-refractivity contribution in [3.63, 3.8) is 0 Å². The molecule has 2 heteroatoms. The van der Waals surface area contributed by atoms with Crippen LogP contribution in [-0.4, -0.2) is 4.98 Å². The lowest BCUT2D eigenvalue weighted by molar-refractivity contribution is 1.14.